The second-order valence-corrected chi connectivity index (χ2v) is 8.56. The van der Waals surface area contributed by atoms with Gasteiger partial charge >= 0.3 is 0 Å². The first-order valence-electron chi connectivity index (χ1n) is 4.78. The van der Waals surface area contributed by atoms with Gasteiger partial charge in [-0.15, -0.1) is 0 Å². The summed E-state index contributed by atoms with van der Waals surface area (Å²) < 4.78 is 22.7. The number of aliphatic hydroxyl groups excluding tert-OH is 1. The van der Waals surface area contributed by atoms with Crippen molar-refractivity contribution in [3.05, 3.63) is 0 Å². The van der Waals surface area contributed by atoms with E-state index in [2.05, 4.69) is 0 Å². The first kappa shape index (κ1) is 13.9. The zero-order valence-electron chi connectivity index (χ0n) is 9.96. The third-order valence-electron chi connectivity index (χ3n) is 2.31. The molecule has 0 spiro atoms. The highest BCUT2D eigenvalue weighted by Gasteiger charge is 2.34. The van der Waals surface area contributed by atoms with Crippen molar-refractivity contribution in [3.63, 3.8) is 0 Å². The molecule has 14 heavy (non-hydrogen) atoms. The summed E-state index contributed by atoms with van der Waals surface area (Å²) >= 11 is 0. The van der Waals surface area contributed by atoms with E-state index in [1.165, 1.54) is 0 Å². The maximum Gasteiger partial charge on any atom is 0.157 e. The van der Waals surface area contributed by atoms with Gasteiger partial charge in [-0.2, -0.15) is 0 Å². The maximum absolute atomic E-state index is 11.7. The van der Waals surface area contributed by atoms with Crippen LogP contribution in [0.15, 0.2) is 0 Å². The Balaban J connectivity index is 4.72. The van der Waals surface area contributed by atoms with Gasteiger partial charge in [0, 0.05) is 0 Å². The smallest absolute Gasteiger partial charge is 0.157 e. The predicted molar refractivity (Wildman–Crippen MR) is 59.0 cm³/mol. The summed E-state index contributed by atoms with van der Waals surface area (Å²) in [6, 6.07) is 0. The summed E-state index contributed by atoms with van der Waals surface area (Å²) in [5.41, 5.74) is -0.391. The number of sulfone groups is 1. The Morgan fingerprint density at radius 3 is 1.64 bits per heavy atom. The highest BCUT2D eigenvalue weighted by molar-refractivity contribution is 7.92. The van der Waals surface area contributed by atoms with Crippen LogP contribution >= 0.6 is 0 Å². The topological polar surface area (TPSA) is 54.4 Å². The molecule has 4 heteroatoms. The molecule has 0 aliphatic heterocycles. The van der Waals surface area contributed by atoms with Gasteiger partial charge in [-0.1, -0.05) is 20.8 Å². The summed E-state index contributed by atoms with van der Waals surface area (Å²) in [6.45, 7) is 10.4. The number of aliphatic hydroxyl groups is 1. The molecular weight excluding hydrogens is 200 g/mol. The normalized spacial score (nSPS) is 16.8. The van der Waals surface area contributed by atoms with E-state index in [1.807, 2.05) is 20.8 Å². The molecule has 0 amide bonds. The second kappa shape index (κ2) is 3.81. The van der Waals surface area contributed by atoms with Crippen molar-refractivity contribution in [3.8, 4) is 0 Å². The molecule has 1 atom stereocenters. The van der Waals surface area contributed by atoms with Crippen molar-refractivity contribution < 1.29 is 13.5 Å². The third kappa shape index (κ3) is 3.58. The Morgan fingerprint density at radius 2 is 1.43 bits per heavy atom. The van der Waals surface area contributed by atoms with E-state index < -0.39 is 26.1 Å². The Labute approximate surface area is 87.4 Å². The molecule has 0 saturated heterocycles. The molecule has 0 saturated carbocycles. The second-order valence-electron chi connectivity index (χ2n) is 5.78. The Bertz CT molecular complexity index is 277. The molecule has 86 valence electrons. The van der Waals surface area contributed by atoms with Gasteiger partial charge in [-0.25, -0.2) is 8.42 Å². The van der Waals surface area contributed by atoms with E-state index in [1.54, 1.807) is 20.8 Å². The average Bonchev–Trinajstić information content (AvgIpc) is 1.80. The fourth-order valence-corrected chi connectivity index (χ4v) is 2.12. The molecule has 0 aliphatic carbocycles. The summed E-state index contributed by atoms with van der Waals surface area (Å²) in [5.74, 6) is -0.167. The largest absolute Gasteiger partial charge is 0.392 e. The van der Waals surface area contributed by atoms with E-state index in [0.717, 1.165) is 0 Å². The molecule has 0 aromatic carbocycles. The summed E-state index contributed by atoms with van der Waals surface area (Å²) in [7, 11) is -3.23. The van der Waals surface area contributed by atoms with E-state index in [9.17, 15) is 13.5 Å². The van der Waals surface area contributed by atoms with E-state index in [0.29, 0.717) is 0 Å². The zero-order valence-corrected chi connectivity index (χ0v) is 10.8. The summed E-state index contributed by atoms with van der Waals surface area (Å²) in [5, 5.41) is 9.71. The van der Waals surface area contributed by atoms with Gasteiger partial charge < -0.3 is 5.11 Å². The van der Waals surface area contributed by atoms with Crippen LogP contribution in [0.5, 0.6) is 0 Å². The average molecular weight is 222 g/mol. The maximum atomic E-state index is 11.7. The van der Waals surface area contributed by atoms with Gasteiger partial charge in [0.2, 0.25) is 0 Å². The number of hydrogen-bond acceptors (Lipinski definition) is 3. The molecule has 1 N–H and O–H groups in total. The van der Waals surface area contributed by atoms with E-state index in [-0.39, 0.29) is 5.75 Å². The Morgan fingerprint density at radius 1 is 1.07 bits per heavy atom. The van der Waals surface area contributed by atoms with Crippen LogP contribution in [0.1, 0.15) is 41.5 Å². The molecule has 0 aromatic rings. The van der Waals surface area contributed by atoms with E-state index >= 15 is 0 Å². The molecular formula is C10H22O3S. The highest BCUT2D eigenvalue weighted by Crippen LogP contribution is 2.24. The van der Waals surface area contributed by atoms with Crippen LogP contribution in [-0.4, -0.2) is 30.1 Å². The lowest BCUT2D eigenvalue weighted by atomic mass is 9.90. The molecule has 0 rings (SSSR count). The van der Waals surface area contributed by atoms with Crippen LogP contribution in [0.4, 0.5) is 0 Å². The highest BCUT2D eigenvalue weighted by atomic mass is 32.2. The Kier molecular flexibility index (Phi) is 3.79. The van der Waals surface area contributed by atoms with Crippen molar-refractivity contribution in [2.75, 3.05) is 5.75 Å². The lowest BCUT2D eigenvalue weighted by Gasteiger charge is -2.28. The molecule has 0 aromatic heterocycles. The summed E-state index contributed by atoms with van der Waals surface area (Å²) in [4.78, 5) is 0. The van der Waals surface area contributed by atoms with Crippen LogP contribution in [0.25, 0.3) is 0 Å². The van der Waals surface area contributed by atoms with Crippen molar-refractivity contribution in [2.45, 2.75) is 52.4 Å². The van der Waals surface area contributed by atoms with E-state index in [4.69, 9.17) is 0 Å². The van der Waals surface area contributed by atoms with Crippen molar-refractivity contribution in [2.24, 2.45) is 5.41 Å². The first-order valence-corrected chi connectivity index (χ1v) is 6.43. The quantitative estimate of drug-likeness (QED) is 0.772. The van der Waals surface area contributed by atoms with Crippen molar-refractivity contribution in [1.82, 2.24) is 0 Å². The zero-order chi connectivity index (χ0) is 11.8. The molecule has 1 unspecified atom stereocenters. The standard InChI is InChI=1S/C10H22O3S/c1-9(2,3)8(11)7-14(12,13)10(4,5)6/h8,11H,7H2,1-6H3. The Hall–Kier alpha value is -0.0900. The number of hydrogen-bond donors (Lipinski definition) is 1. The molecule has 0 aliphatic rings. The molecule has 3 nitrogen and oxygen atoms in total. The molecule has 0 heterocycles. The van der Waals surface area contributed by atoms with Crippen LogP contribution in [0, 0.1) is 5.41 Å². The lowest BCUT2D eigenvalue weighted by molar-refractivity contribution is 0.0823. The minimum absolute atomic E-state index is 0.167. The lowest BCUT2D eigenvalue weighted by Crippen LogP contribution is -2.40. The van der Waals surface area contributed by atoms with Crippen LogP contribution in [-0.2, 0) is 9.84 Å². The van der Waals surface area contributed by atoms with Crippen LogP contribution < -0.4 is 0 Å². The fourth-order valence-electron chi connectivity index (χ4n) is 0.708. The molecule has 0 fully saturated rings. The molecule has 0 radical (unpaired) electrons. The van der Waals surface area contributed by atoms with Crippen molar-refractivity contribution in [1.29, 1.82) is 0 Å². The van der Waals surface area contributed by atoms with Gasteiger partial charge in [-0.05, 0) is 26.2 Å². The SMILES string of the molecule is CC(C)(C)C(O)CS(=O)(=O)C(C)(C)C. The minimum Gasteiger partial charge on any atom is -0.392 e. The van der Waals surface area contributed by atoms with Gasteiger partial charge in [-0.3, -0.25) is 0 Å². The van der Waals surface area contributed by atoms with Gasteiger partial charge in [0.25, 0.3) is 0 Å². The minimum atomic E-state index is -3.23. The number of rotatable bonds is 2. The van der Waals surface area contributed by atoms with Crippen LogP contribution in [0.3, 0.4) is 0 Å². The monoisotopic (exact) mass is 222 g/mol. The summed E-state index contributed by atoms with van der Waals surface area (Å²) in [6.07, 6.45) is -0.813. The fraction of sp³-hybridized carbons (Fsp3) is 1.00. The van der Waals surface area contributed by atoms with Gasteiger partial charge in [0.05, 0.1) is 16.6 Å². The van der Waals surface area contributed by atoms with Gasteiger partial charge in [0.15, 0.2) is 9.84 Å². The van der Waals surface area contributed by atoms with Gasteiger partial charge in [0.1, 0.15) is 0 Å². The third-order valence-corrected chi connectivity index (χ3v) is 4.93. The first-order chi connectivity index (χ1) is 5.88. The van der Waals surface area contributed by atoms with Crippen molar-refractivity contribution >= 4 is 9.84 Å². The molecule has 0 bridgehead atoms. The van der Waals surface area contributed by atoms with Crippen LogP contribution in [0.2, 0.25) is 0 Å². The predicted octanol–water partition coefficient (Wildman–Crippen LogP) is 1.61.